The highest BCUT2D eigenvalue weighted by Crippen LogP contribution is 2.33. The fraction of sp³-hybridized carbons (Fsp3) is 0.500. The Balaban J connectivity index is 2.00. The summed E-state index contributed by atoms with van der Waals surface area (Å²) in [6.45, 7) is 2.01. The van der Waals surface area contributed by atoms with Crippen molar-refractivity contribution in [2.24, 2.45) is 0 Å². The summed E-state index contributed by atoms with van der Waals surface area (Å²) in [6.07, 6.45) is 2.78. The van der Waals surface area contributed by atoms with Gasteiger partial charge in [-0.25, -0.2) is 14.8 Å². The first kappa shape index (κ1) is 9.38. The molecule has 6 nitrogen and oxygen atoms in total. The zero-order valence-electron chi connectivity index (χ0n) is 8.93. The lowest BCUT2D eigenvalue weighted by molar-refractivity contribution is 0.0587. The second-order valence-electron chi connectivity index (χ2n) is 3.99. The number of ether oxygens (including phenoxy) is 1. The van der Waals surface area contributed by atoms with Gasteiger partial charge in [0.05, 0.1) is 19.0 Å². The summed E-state index contributed by atoms with van der Waals surface area (Å²) in [5, 5.41) is 3.31. The summed E-state index contributed by atoms with van der Waals surface area (Å²) in [5.74, 6) is 0.345. The van der Waals surface area contributed by atoms with Crippen molar-refractivity contribution in [3.05, 3.63) is 12.0 Å². The van der Waals surface area contributed by atoms with Crippen molar-refractivity contribution in [2.75, 3.05) is 30.4 Å². The topological polar surface area (TPSA) is 67.3 Å². The Bertz CT molecular complexity index is 448. The SMILES string of the molecule is COC(=O)c1ncc2c(n1)NC1CCN2C1. The average molecular weight is 220 g/mol. The molecule has 0 aromatic carbocycles. The molecule has 0 aliphatic carbocycles. The molecule has 1 atom stereocenters. The molecule has 2 bridgehead atoms. The predicted molar refractivity (Wildman–Crippen MR) is 57.6 cm³/mol. The lowest BCUT2D eigenvalue weighted by Gasteiger charge is -2.27. The summed E-state index contributed by atoms with van der Waals surface area (Å²) in [7, 11) is 1.33. The molecule has 1 unspecified atom stereocenters. The van der Waals surface area contributed by atoms with Crippen LogP contribution in [-0.4, -0.2) is 42.2 Å². The first-order valence-electron chi connectivity index (χ1n) is 5.25. The van der Waals surface area contributed by atoms with Crippen molar-refractivity contribution in [1.29, 1.82) is 0 Å². The molecule has 3 rings (SSSR count). The van der Waals surface area contributed by atoms with Gasteiger partial charge in [-0.2, -0.15) is 0 Å². The average Bonchev–Trinajstić information content (AvgIpc) is 2.70. The Morgan fingerprint density at radius 3 is 3.38 bits per heavy atom. The van der Waals surface area contributed by atoms with Crippen molar-refractivity contribution in [2.45, 2.75) is 12.5 Å². The fourth-order valence-electron chi connectivity index (χ4n) is 2.19. The van der Waals surface area contributed by atoms with E-state index < -0.39 is 5.97 Å². The minimum atomic E-state index is -0.502. The van der Waals surface area contributed by atoms with E-state index in [-0.39, 0.29) is 5.82 Å². The minimum absolute atomic E-state index is 0.108. The van der Waals surface area contributed by atoms with E-state index in [4.69, 9.17) is 0 Å². The number of hydrogen-bond donors (Lipinski definition) is 1. The van der Waals surface area contributed by atoms with Crippen LogP contribution in [0.15, 0.2) is 6.20 Å². The highest BCUT2D eigenvalue weighted by atomic mass is 16.5. The van der Waals surface area contributed by atoms with Crippen LogP contribution < -0.4 is 10.2 Å². The molecule has 0 saturated carbocycles. The van der Waals surface area contributed by atoms with Crippen molar-refractivity contribution in [3.63, 3.8) is 0 Å². The van der Waals surface area contributed by atoms with E-state index in [1.54, 1.807) is 6.20 Å². The van der Waals surface area contributed by atoms with Crippen LogP contribution in [0.3, 0.4) is 0 Å². The number of hydrogen-bond acceptors (Lipinski definition) is 6. The van der Waals surface area contributed by atoms with E-state index in [1.165, 1.54) is 7.11 Å². The van der Waals surface area contributed by atoms with Crippen LogP contribution >= 0.6 is 0 Å². The molecular weight excluding hydrogens is 208 g/mol. The van der Waals surface area contributed by atoms with Crippen LogP contribution in [0.1, 0.15) is 17.0 Å². The number of nitrogens with zero attached hydrogens (tertiary/aromatic N) is 3. The predicted octanol–water partition coefficient (Wildman–Crippen LogP) is 0.267. The van der Waals surface area contributed by atoms with Gasteiger partial charge < -0.3 is 15.0 Å². The zero-order chi connectivity index (χ0) is 11.1. The van der Waals surface area contributed by atoms with Crippen LogP contribution in [0.4, 0.5) is 11.5 Å². The largest absolute Gasteiger partial charge is 0.463 e. The number of rotatable bonds is 1. The molecule has 1 N–H and O–H groups in total. The van der Waals surface area contributed by atoms with Crippen molar-refractivity contribution >= 4 is 17.5 Å². The Morgan fingerprint density at radius 2 is 2.56 bits per heavy atom. The van der Waals surface area contributed by atoms with E-state index in [0.717, 1.165) is 31.0 Å². The van der Waals surface area contributed by atoms with E-state index >= 15 is 0 Å². The third-order valence-corrected chi connectivity index (χ3v) is 3.01. The molecule has 2 aliphatic rings. The third-order valence-electron chi connectivity index (χ3n) is 3.01. The van der Waals surface area contributed by atoms with Gasteiger partial charge in [-0.15, -0.1) is 0 Å². The minimum Gasteiger partial charge on any atom is -0.463 e. The van der Waals surface area contributed by atoms with Gasteiger partial charge in [0, 0.05) is 19.1 Å². The molecule has 0 amide bonds. The van der Waals surface area contributed by atoms with Gasteiger partial charge in [0.1, 0.15) is 0 Å². The maximum Gasteiger partial charge on any atom is 0.376 e. The molecule has 1 aromatic rings. The molecule has 16 heavy (non-hydrogen) atoms. The van der Waals surface area contributed by atoms with Gasteiger partial charge in [0.15, 0.2) is 5.82 Å². The molecular formula is C10H12N4O2. The van der Waals surface area contributed by atoms with Gasteiger partial charge in [-0.3, -0.25) is 0 Å². The zero-order valence-corrected chi connectivity index (χ0v) is 8.93. The van der Waals surface area contributed by atoms with Gasteiger partial charge >= 0.3 is 5.97 Å². The van der Waals surface area contributed by atoms with Crippen molar-refractivity contribution in [1.82, 2.24) is 9.97 Å². The highest BCUT2D eigenvalue weighted by molar-refractivity contribution is 5.86. The van der Waals surface area contributed by atoms with Gasteiger partial charge in [0.25, 0.3) is 0 Å². The highest BCUT2D eigenvalue weighted by Gasteiger charge is 2.31. The number of carbonyl (C=O) groups is 1. The lowest BCUT2D eigenvalue weighted by atomic mass is 10.2. The van der Waals surface area contributed by atoms with Gasteiger partial charge in [0.2, 0.25) is 5.82 Å². The number of aromatic nitrogens is 2. The Morgan fingerprint density at radius 1 is 1.69 bits per heavy atom. The summed E-state index contributed by atoms with van der Waals surface area (Å²) in [5.41, 5.74) is 0.974. The number of esters is 1. The van der Waals surface area contributed by atoms with Gasteiger partial charge in [-0.05, 0) is 6.42 Å². The molecule has 1 fully saturated rings. The molecule has 84 valence electrons. The Hall–Kier alpha value is -1.85. The van der Waals surface area contributed by atoms with Gasteiger partial charge in [-0.1, -0.05) is 0 Å². The molecule has 3 heterocycles. The smallest absolute Gasteiger partial charge is 0.376 e. The fourth-order valence-corrected chi connectivity index (χ4v) is 2.19. The number of fused-ring (bicyclic) bond motifs is 4. The van der Waals surface area contributed by atoms with Crippen LogP contribution in [0, 0.1) is 0 Å². The maximum atomic E-state index is 11.3. The van der Waals surface area contributed by atoms with Crippen molar-refractivity contribution < 1.29 is 9.53 Å². The van der Waals surface area contributed by atoms with E-state index in [2.05, 4.69) is 24.9 Å². The summed E-state index contributed by atoms with van der Waals surface area (Å²) < 4.78 is 4.59. The Labute approximate surface area is 92.6 Å². The maximum absolute atomic E-state index is 11.3. The normalized spacial score (nSPS) is 21.3. The second-order valence-corrected chi connectivity index (χ2v) is 3.99. The lowest BCUT2D eigenvalue weighted by Crippen LogP contribution is -2.33. The first-order chi connectivity index (χ1) is 7.78. The Kier molecular flexibility index (Phi) is 1.95. The summed E-state index contributed by atoms with van der Waals surface area (Å²) in [4.78, 5) is 21.7. The molecule has 0 radical (unpaired) electrons. The van der Waals surface area contributed by atoms with Crippen LogP contribution in [0.2, 0.25) is 0 Å². The summed E-state index contributed by atoms with van der Waals surface area (Å²) >= 11 is 0. The van der Waals surface area contributed by atoms with Crippen LogP contribution in [-0.2, 0) is 4.74 Å². The number of methoxy groups -OCH3 is 1. The quantitative estimate of drug-likeness (QED) is 0.685. The van der Waals surface area contributed by atoms with Crippen molar-refractivity contribution in [3.8, 4) is 0 Å². The molecule has 1 saturated heterocycles. The monoisotopic (exact) mass is 220 g/mol. The molecule has 0 spiro atoms. The number of anilines is 2. The molecule has 6 heteroatoms. The first-order valence-corrected chi connectivity index (χ1v) is 5.25. The molecule has 1 aromatic heterocycles. The van der Waals surface area contributed by atoms with E-state index in [0.29, 0.717) is 6.04 Å². The second kappa shape index (κ2) is 3.33. The number of nitrogens with one attached hydrogen (secondary N) is 1. The third kappa shape index (κ3) is 1.30. The van der Waals surface area contributed by atoms with E-state index in [9.17, 15) is 4.79 Å². The van der Waals surface area contributed by atoms with Crippen LogP contribution in [0.5, 0.6) is 0 Å². The summed E-state index contributed by atoms with van der Waals surface area (Å²) in [6, 6.07) is 0.438. The van der Waals surface area contributed by atoms with Crippen LogP contribution in [0.25, 0.3) is 0 Å². The molecule has 2 aliphatic heterocycles. The number of carbonyl (C=O) groups excluding carboxylic acids is 1. The van der Waals surface area contributed by atoms with E-state index in [1.807, 2.05) is 0 Å². The standard InChI is InChI=1S/C10H12N4O2/c1-16-10(15)9-11-4-7-8(13-9)12-6-2-3-14(7)5-6/h4,6H,2-3,5H2,1H3,(H,11,12,13).